The Bertz CT molecular complexity index is 905. The largest absolute Gasteiger partial charge is 0.484 e. The highest BCUT2D eigenvalue weighted by Crippen LogP contribution is 2.27. The molecule has 1 amide bonds. The van der Waals surface area contributed by atoms with Gasteiger partial charge in [-0.05, 0) is 23.8 Å². The quantitative estimate of drug-likeness (QED) is 0.681. The summed E-state index contributed by atoms with van der Waals surface area (Å²) in [7, 11) is 1.77. The molecule has 7 heteroatoms. The van der Waals surface area contributed by atoms with Crippen LogP contribution in [0.25, 0.3) is 16.8 Å². The number of amides is 1. The molecular weight excluding hydrogens is 306 g/mol. The van der Waals surface area contributed by atoms with Crippen LogP contribution in [-0.2, 0) is 4.79 Å². The van der Waals surface area contributed by atoms with Crippen LogP contribution in [0.4, 0.5) is 5.82 Å². The fourth-order valence-corrected chi connectivity index (χ4v) is 2.66. The molecule has 4 bridgehead atoms. The van der Waals surface area contributed by atoms with Gasteiger partial charge in [0.1, 0.15) is 11.6 Å². The lowest BCUT2D eigenvalue weighted by atomic mass is 10.1. The molecule has 0 aliphatic carbocycles. The number of hydrogen-bond donors (Lipinski definition) is 1. The Labute approximate surface area is 138 Å². The fraction of sp³-hybridized carbons (Fsp3) is 0.235. The number of rotatable bonds is 0. The van der Waals surface area contributed by atoms with Gasteiger partial charge in [-0.3, -0.25) is 4.79 Å². The third-order valence-corrected chi connectivity index (χ3v) is 4.06. The van der Waals surface area contributed by atoms with E-state index in [9.17, 15) is 4.79 Å². The number of fused-ring (bicyclic) bond motifs is 4. The van der Waals surface area contributed by atoms with Gasteiger partial charge >= 0.3 is 0 Å². The average molecular weight is 323 g/mol. The molecule has 7 nitrogen and oxygen atoms in total. The Hall–Kier alpha value is -3.09. The lowest BCUT2D eigenvalue weighted by Gasteiger charge is -2.18. The zero-order valence-electron chi connectivity index (χ0n) is 13.3. The van der Waals surface area contributed by atoms with Crippen molar-refractivity contribution in [3.8, 4) is 16.9 Å². The van der Waals surface area contributed by atoms with Crippen LogP contribution < -0.4 is 10.1 Å². The minimum atomic E-state index is -0.0612. The average Bonchev–Trinajstić information content (AvgIpc) is 3.02. The molecule has 1 N–H and O–H groups in total. The van der Waals surface area contributed by atoms with Crippen molar-refractivity contribution < 1.29 is 9.53 Å². The highest BCUT2D eigenvalue weighted by molar-refractivity contribution is 5.79. The predicted octanol–water partition coefficient (Wildman–Crippen LogP) is 1.66. The summed E-state index contributed by atoms with van der Waals surface area (Å²) in [5.41, 5.74) is 2.65. The molecule has 24 heavy (non-hydrogen) atoms. The summed E-state index contributed by atoms with van der Waals surface area (Å²) in [6, 6.07) is 9.49. The van der Waals surface area contributed by atoms with Crippen LogP contribution in [0.3, 0.4) is 0 Å². The summed E-state index contributed by atoms with van der Waals surface area (Å²) in [4.78, 5) is 18.4. The third kappa shape index (κ3) is 2.64. The molecule has 0 spiro atoms. The predicted molar refractivity (Wildman–Crippen MR) is 90.0 cm³/mol. The lowest BCUT2D eigenvalue weighted by Crippen LogP contribution is -2.35. The number of hydrogen-bond acceptors (Lipinski definition) is 5. The van der Waals surface area contributed by atoms with E-state index in [0.717, 1.165) is 22.6 Å². The maximum Gasteiger partial charge on any atom is 0.260 e. The monoisotopic (exact) mass is 323 g/mol. The molecule has 0 saturated carbocycles. The van der Waals surface area contributed by atoms with Gasteiger partial charge < -0.3 is 15.0 Å². The van der Waals surface area contributed by atoms with E-state index in [1.54, 1.807) is 22.7 Å². The molecule has 0 radical (unpaired) electrons. The van der Waals surface area contributed by atoms with Crippen molar-refractivity contribution in [2.45, 2.75) is 0 Å². The number of likely N-dealkylation sites (N-methyl/N-ethyl adjacent to an activating group) is 1. The van der Waals surface area contributed by atoms with Crippen molar-refractivity contribution in [3.05, 3.63) is 42.7 Å². The Kier molecular flexibility index (Phi) is 3.53. The number of carbonyl (C=O) groups excluding carboxylic acids is 1. The summed E-state index contributed by atoms with van der Waals surface area (Å²) in [5, 5.41) is 7.60. The SMILES string of the molecule is CN1CCNc2ccn3ncc(c3n2)-c2cccc(c2)OCC1=O. The van der Waals surface area contributed by atoms with Crippen LogP contribution >= 0.6 is 0 Å². The Morgan fingerprint density at radius 1 is 1.29 bits per heavy atom. The molecule has 3 heterocycles. The number of anilines is 1. The zero-order chi connectivity index (χ0) is 16.5. The molecule has 1 aliphatic rings. The zero-order valence-corrected chi connectivity index (χ0v) is 13.3. The molecule has 0 unspecified atom stereocenters. The summed E-state index contributed by atoms with van der Waals surface area (Å²) in [6.07, 6.45) is 3.66. The van der Waals surface area contributed by atoms with E-state index < -0.39 is 0 Å². The number of ether oxygens (including phenoxy) is 1. The fourth-order valence-electron chi connectivity index (χ4n) is 2.66. The summed E-state index contributed by atoms with van der Waals surface area (Å²) < 4.78 is 7.39. The van der Waals surface area contributed by atoms with Crippen molar-refractivity contribution in [1.29, 1.82) is 0 Å². The molecule has 0 atom stereocenters. The van der Waals surface area contributed by atoms with Gasteiger partial charge in [-0.15, -0.1) is 0 Å². The first kappa shape index (κ1) is 14.5. The van der Waals surface area contributed by atoms with E-state index in [2.05, 4.69) is 15.4 Å². The minimum absolute atomic E-state index is 0.0208. The van der Waals surface area contributed by atoms with Crippen molar-refractivity contribution in [3.63, 3.8) is 0 Å². The maximum absolute atomic E-state index is 12.1. The molecule has 4 rings (SSSR count). The molecule has 0 fully saturated rings. The molecular formula is C17H17N5O2. The molecule has 1 aromatic carbocycles. The summed E-state index contributed by atoms with van der Waals surface area (Å²) in [5.74, 6) is 1.35. The minimum Gasteiger partial charge on any atom is -0.484 e. The van der Waals surface area contributed by atoms with Gasteiger partial charge in [0.15, 0.2) is 12.3 Å². The molecule has 3 aromatic rings. The molecule has 0 saturated heterocycles. The van der Waals surface area contributed by atoms with Crippen LogP contribution in [0.1, 0.15) is 0 Å². The van der Waals surface area contributed by atoms with Gasteiger partial charge in [0, 0.05) is 31.9 Å². The Morgan fingerprint density at radius 3 is 3.12 bits per heavy atom. The summed E-state index contributed by atoms with van der Waals surface area (Å²) in [6.45, 7) is 1.20. The van der Waals surface area contributed by atoms with Crippen molar-refractivity contribution in [2.75, 3.05) is 32.1 Å². The second-order valence-corrected chi connectivity index (χ2v) is 5.70. The van der Waals surface area contributed by atoms with Gasteiger partial charge in [-0.1, -0.05) is 12.1 Å². The molecule has 122 valence electrons. The highest BCUT2D eigenvalue weighted by atomic mass is 16.5. The van der Waals surface area contributed by atoms with E-state index in [-0.39, 0.29) is 12.5 Å². The number of benzene rings is 1. The standard InChI is InChI=1S/C17H17N5O2/c1-21-8-6-18-15-5-7-22-17(20-15)14(10-19-22)12-3-2-4-13(9-12)24-11-16(21)23/h2-5,7,9-10H,6,8,11H2,1H3,(H,18,20). The van der Waals surface area contributed by atoms with Gasteiger partial charge in [0.2, 0.25) is 0 Å². The first-order chi connectivity index (χ1) is 11.7. The van der Waals surface area contributed by atoms with Crippen molar-refractivity contribution in [1.82, 2.24) is 19.5 Å². The van der Waals surface area contributed by atoms with E-state index >= 15 is 0 Å². The van der Waals surface area contributed by atoms with Crippen molar-refractivity contribution in [2.24, 2.45) is 0 Å². The molecule has 2 aromatic heterocycles. The molecule has 1 aliphatic heterocycles. The van der Waals surface area contributed by atoms with E-state index in [4.69, 9.17) is 4.74 Å². The number of aromatic nitrogens is 3. The number of nitrogens with zero attached hydrogens (tertiary/aromatic N) is 4. The highest BCUT2D eigenvalue weighted by Gasteiger charge is 2.13. The van der Waals surface area contributed by atoms with E-state index in [0.29, 0.717) is 18.8 Å². The number of carbonyl (C=O) groups is 1. The van der Waals surface area contributed by atoms with Gasteiger partial charge in [0.25, 0.3) is 5.91 Å². The first-order valence-electron chi connectivity index (χ1n) is 7.76. The van der Waals surface area contributed by atoms with Crippen LogP contribution in [0.15, 0.2) is 42.7 Å². The third-order valence-electron chi connectivity index (χ3n) is 4.06. The topological polar surface area (TPSA) is 71.8 Å². The van der Waals surface area contributed by atoms with E-state index in [1.165, 1.54) is 0 Å². The maximum atomic E-state index is 12.1. The van der Waals surface area contributed by atoms with Crippen LogP contribution in [0, 0.1) is 0 Å². The first-order valence-corrected chi connectivity index (χ1v) is 7.76. The second kappa shape index (κ2) is 5.84. The normalized spacial score (nSPS) is 15.0. The number of nitrogens with one attached hydrogen (secondary N) is 1. The Morgan fingerprint density at radius 2 is 2.21 bits per heavy atom. The van der Waals surface area contributed by atoms with Crippen molar-refractivity contribution >= 4 is 17.4 Å². The van der Waals surface area contributed by atoms with Crippen LogP contribution in [0.2, 0.25) is 0 Å². The second-order valence-electron chi connectivity index (χ2n) is 5.70. The smallest absolute Gasteiger partial charge is 0.260 e. The van der Waals surface area contributed by atoms with Gasteiger partial charge in [-0.2, -0.15) is 5.10 Å². The summed E-state index contributed by atoms with van der Waals surface area (Å²) >= 11 is 0. The lowest BCUT2D eigenvalue weighted by molar-refractivity contribution is -0.131. The van der Waals surface area contributed by atoms with Crippen LogP contribution in [-0.4, -0.2) is 52.1 Å². The Balaban J connectivity index is 1.82. The van der Waals surface area contributed by atoms with Crippen LogP contribution in [0.5, 0.6) is 5.75 Å². The van der Waals surface area contributed by atoms with Gasteiger partial charge in [-0.25, -0.2) is 9.50 Å². The van der Waals surface area contributed by atoms with Gasteiger partial charge in [0.05, 0.1) is 6.20 Å². The van der Waals surface area contributed by atoms with E-state index in [1.807, 2.05) is 36.5 Å².